The van der Waals surface area contributed by atoms with Crippen LogP contribution in [-0.4, -0.2) is 26.3 Å². The zero-order valence-electron chi connectivity index (χ0n) is 15.3. The van der Waals surface area contributed by atoms with Crippen molar-refractivity contribution < 1.29 is 14.0 Å². The number of thiazole rings is 1. The first-order valence-electron chi connectivity index (χ1n) is 9.08. The Morgan fingerprint density at radius 3 is 2.55 bits per heavy atom. The summed E-state index contributed by atoms with van der Waals surface area (Å²) in [4.78, 5) is 29.2. The number of carbonyl (C=O) groups excluding carboxylic acids is 2. The van der Waals surface area contributed by atoms with E-state index in [9.17, 15) is 14.0 Å². The predicted octanol–water partition coefficient (Wildman–Crippen LogP) is 4.59. The third-order valence-electron chi connectivity index (χ3n) is 4.38. The standard InChI is InChI=1S/C21H17FN4O2S/c22-16-11-9-14(10-12-16)17-13-29-21-24-20(25-26(17)21)23-19(28)8-4-7-18(27)15-5-2-1-3-6-15/h1-3,5-6,9-13H,4,7-8H2,(H,23,25,28). The topological polar surface area (TPSA) is 76.4 Å². The highest BCUT2D eigenvalue weighted by Gasteiger charge is 2.14. The van der Waals surface area contributed by atoms with Crippen molar-refractivity contribution in [2.75, 3.05) is 5.32 Å². The summed E-state index contributed by atoms with van der Waals surface area (Å²) >= 11 is 1.38. The highest BCUT2D eigenvalue weighted by Crippen LogP contribution is 2.26. The van der Waals surface area contributed by atoms with Crippen LogP contribution in [0.25, 0.3) is 16.2 Å². The lowest BCUT2D eigenvalue weighted by atomic mass is 10.1. The van der Waals surface area contributed by atoms with Crippen LogP contribution in [0.5, 0.6) is 0 Å². The molecule has 1 N–H and O–H groups in total. The van der Waals surface area contributed by atoms with Gasteiger partial charge in [-0.2, -0.15) is 4.98 Å². The molecule has 0 fully saturated rings. The summed E-state index contributed by atoms with van der Waals surface area (Å²) in [6.07, 6.45) is 0.955. The molecular weight excluding hydrogens is 391 g/mol. The van der Waals surface area contributed by atoms with Gasteiger partial charge in [0.1, 0.15) is 5.82 Å². The van der Waals surface area contributed by atoms with Gasteiger partial charge in [0, 0.05) is 29.3 Å². The molecule has 0 aliphatic rings. The fourth-order valence-electron chi connectivity index (χ4n) is 2.92. The second-order valence-electron chi connectivity index (χ2n) is 6.45. The Bertz CT molecular complexity index is 1150. The van der Waals surface area contributed by atoms with E-state index >= 15 is 0 Å². The van der Waals surface area contributed by atoms with Crippen molar-refractivity contribution in [3.63, 3.8) is 0 Å². The van der Waals surface area contributed by atoms with Crippen LogP contribution in [0.3, 0.4) is 0 Å². The number of Topliss-reactive ketones (excluding diaryl/α,β-unsaturated/α-hetero) is 1. The molecule has 6 nitrogen and oxygen atoms in total. The van der Waals surface area contributed by atoms with Gasteiger partial charge in [0.15, 0.2) is 5.78 Å². The van der Waals surface area contributed by atoms with Crippen molar-refractivity contribution in [1.29, 1.82) is 0 Å². The molecule has 0 unspecified atom stereocenters. The van der Waals surface area contributed by atoms with Gasteiger partial charge in [0.05, 0.1) is 5.69 Å². The van der Waals surface area contributed by atoms with Crippen molar-refractivity contribution in [3.05, 3.63) is 71.4 Å². The number of hydrogen-bond acceptors (Lipinski definition) is 5. The van der Waals surface area contributed by atoms with E-state index in [1.165, 1.54) is 23.5 Å². The van der Waals surface area contributed by atoms with Gasteiger partial charge in [-0.05, 0) is 30.7 Å². The van der Waals surface area contributed by atoms with E-state index in [1.54, 1.807) is 28.8 Å². The van der Waals surface area contributed by atoms with Crippen molar-refractivity contribution in [2.45, 2.75) is 19.3 Å². The Balaban J connectivity index is 1.36. The second kappa shape index (κ2) is 8.32. The number of hydrogen-bond donors (Lipinski definition) is 1. The van der Waals surface area contributed by atoms with E-state index in [-0.39, 0.29) is 29.9 Å². The zero-order valence-corrected chi connectivity index (χ0v) is 16.2. The Morgan fingerprint density at radius 1 is 1.03 bits per heavy atom. The molecule has 4 aromatic rings. The Kier molecular flexibility index (Phi) is 5.44. The predicted molar refractivity (Wildman–Crippen MR) is 110 cm³/mol. The summed E-state index contributed by atoms with van der Waals surface area (Å²) in [5.74, 6) is -0.326. The maximum Gasteiger partial charge on any atom is 0.250 e. The molecule has 0 aliphatic carbocycles. The lowest BCUT2D eigenvalue weighted by Crippen LogP contribution is -2.13. The number of anilines is 1. The first kappa shape index (κ1) is 18.9. The molecule has 0 aliphatic heterocycles. The molecule has 0 spiro atoms. The first-order chi connectivity index (χ1) is 14.1. The van der Waals surface area contributed by atoms with Crippen molar-refractivity contribution in [3.8, 4) is 11.3 Å². The van der Waals surface area contributed by atoms with E-state index in [0.29, 0.717) is 23.4 Å². The average molecular weight is 408 g/mol. The Labute approximate surface area is 170 Å². The molecule has 0 bridgehead atoms. The van der Waals surface area contributed by atoms with Crippen LogP contribution in [0.2, 0.25) is 0 Å². The van der Waals surface area contributed by atoms with Crippen LogP contribution < -0.4 is 5.32 Å². The summed E-state index contributed by atoms with van der Waals surface area (Å²) < 4.78 is 14.8. The third kappa shape index (κ3) is 4.38. The van der Waals surface area contributed by atoms with Gasteiger partial charge < -0.3 is 0 Å². The number of nitrogens with zero attached hydrogens (tertiary/aromatic N) is 3. The van der Waals surface area contributed by atoms with Crippen molar-refractivity contribution in [2.24, 2.45) is 0 Å². The maximum atomic E-state index is 13.1. The minimum atomic E-state index is -0.308. The fraction of sp³-hybridized carbons (Fsp3) is 0.143. The molecule has 1 amide bonds. The minimum Gasteiger partial charge on any atom is -0.294 e. The summed E-state index contributed by atoms with van der Waals surface area (Å²) in [7, 11) is 0. The van der Waals surface area contributed by atoms with Crippen molar-refractivity contribution in [1.82, 2.24) is 14.6 Å². The molecule has 0 saturated carbocycles. The molecule has 8 heteroatoms. The average Bonchev–Trinajstić information content (AvgIpc) is 3.29. The number of carbonyl (C=O) groups is 2. The van der Waals surface area contributed by atoms with Crippen LogP contribution in [0.4, 0.5) is 10.3 Å². The van der Waals surface area contributed by atoms with Gasteiger partial charge in [-0.25, -0.2) is 8.91 Å². The number of nitrogens with one attached hydrogen (secondary N) is 1. The molecule has 146 valence electrons. The lowest BCUT2D eigenvalue weighted by Gasteiger charge is -2.02. The summed E-state index contributed by atoms with van der Waals surface area (Å²) in [5.41, 5.74) is 2.23. The number of fused-ring (bicyclic) bond motifs is 1. The second-order valence-corrected chi connectivity index (χ2v) is 7.29. The Hall–Kier alpha value is -3.39. The molecule has 4 rings (SSSR count). The summed E-state index contributed by atoms with van der Waals surface area (Å²) in [5, 5.41) is 8.88. The zero-order chi connectivity index (χ0) is 20.2. The molecule has 2 aromatic carbocycles. The largest absolute Gasteiger partial charge is 0.294 e. The number of rotatable bonds is 7. The highest BCUT2D eigenvalue weighted by atomic mass is 32.1. The van der Waals surface area contributed by atoms with Crippen LogP contribution in [-0.2, 0) is 4.79 Å². The van der Waals surface area contributed by atoms with E-state index < -0.39 is 0 Å². The number of halogens is 1. The SMILES string of the molecule is O=C(CCCC(=O)c1ccccc1)Nc1nc2scc(-c3ccc(F)cc3)n2n1. The fourth-order valence-corrected chi connectivity index (χ4v) is 3.75. The van der Waals surface area contributed by atoms with Gasteiger partial charge in [0.25, 0.3) is 0 Å². The normalized spacial score (nSPS) is 10.9. The molecule has 0 radical (unpaired) electrons. The van der Waals surface area contributed by atoms with Crippen LogP contribution in [0, 0.1) is 5.82 Å². The molecular formula is C21H17FN4O2S. The maximum absolute atomic E-state index is 13.1. The minimum absolute atomic E-state index is 0.0166. The van der Waals surface area contributed by atoms with Gasteiger partial charge in [-0.3, -0.25) is 14.9 Å². The van der Waals surface area contributed by atoms with Gasteiger partial charge in [0.2, 0.25) is 16.8 Å². The summed E-state index contributed by atoms with van der Waals surface area (Å²) in [6, 6.07) is 15.1. The number of ketones is 1. The number of aromatic nitrogens is 3. The van der Waals surface area contributed by atoms with E-state index in [1.807, 2.05) is 23.6 Å². The summed E-state index contributed by atoms with van der Waals surface area (Å²) in [6.45, 7) is 0. The quantitative estimate of drug-likeness (QED) is 0.454. The van der Waals surface area contributed by atoms with Gasteiger partial charge in [-0.1, -0.05) is 30.3 Å². The van der Waals surface area contributed by atoms with Crippen LogP contribution in [0.15, 0.2) is 60.0 Å². The molecule has 2 aromatic heterocycles. The lowest BCUT2D eigenvalue weighted by molar-refractivity contribution is -0.116. The van der Waals surface area contributed by atoms with Crippen LogP contribution >= 0.6 is 11.3 Å². The third-order valence-corrected chi connectivity index (χ3v) is 5.19. The van der Waals surface area contributed by atoms with E-state index in [2.05, 4.69) is 15.4 Å². The monoisotopic (exact) mass is 408 g/mol. The van der Waals surface area contributed by atoms with E-state index in [0.717, 1.165) is 11.3 Å². The van der Waals surface area contributed by atoms with Gasteiger partial charge >= 0.3 is 0 Å². The number of benzene rings is 2. The van der Waals surface area contributed by atoms with Crippen molar-refractivity contribution >= 4 is 33.9 Å². The molecule has 29 heavy (non-hydrogen) atoms. The van der Waals surface area contributed by atoms with E-state index in [4.69, 9.17) is 0 Å². The first-order valence-corrected chi connectivity index (χ1v) is 9.96. The Morgan fingerprint density at radius 2 is 1.79 bits per heavy atom. The smallest absolute Gasteiger partial charge is 0.250 e. The molecule has 2 heterocycles. The number of amides is 1. The highest BCUT2D eigenvalue weighted by molar-refractivity contribution is 7.15. The molecule has 0 atom stereocenters. The van der Waals surface area contributed by atoms with Crippen LogP contribution in [0.1, 0.15) is 29.6 Å². The molecule has 0 saturated heterocycles. The van der Waals surface area contributed by atoms with Gasteiger partial charge in [-0.15, -0.1) is 16.4 Å².